The molecule has 1 N–H and O–H groups in total. The summed E-state index contributed by atoms with van der Waals surface area (Å²) < 4.78 is 4.73. The van der Waals surface area contributed by atoms with Crippen LogP contribution in [0.25, 0.3) is 10.8 Å². The van der Waals surface area contributed by atoms with Gasteiger partial charge in [0.15, 0.2) is 0 Å². The van der Waals surface area contributed by atoms with Crippen LogP contribution in [0.3, 0.4) is 0 Å². The zero-order valence-electron chi connectivity index (χ0n) is 17.6. The Labute approximate surface area is 191 Å². The van der Waals surface area contributed by atoms with E-state index in [1.54, 1.807) is 17.0 Å². The van der Waals surface area contributed by atoms with Gasteiger partial charge in [0, 0.05) is 24.3 Å². The van der Waals surface area contributed by atoms with Gasteiger partial charge in [0.1, 0.15) is 0 Å². The van der Waals surface area contributed by atoms with Gasteiger partial charge in [0.25, 0.3) is 5.91 Å². The summed E-state index contributed by atoms with van der Waals surface area (Å²) in [6, 6.07) is 18.1. The summed E-state index contributed by atoms with van der Waals surface area (Å²) >= 11 is 6.05. The van der Waals surface area contributed by atoms with Crippen molar-refractivity contribution < 1.29 is 19.1 Å². The van der Waals surface area contributed by atoms with Crippen LogP contribution in [0.2, 0.25) is 5.02 Å². The van der Waals surface area contributed by atoms with Gasteiger partial charge < -0.3 is 15.0 Å². The Hall–Kier alpha value is -3.38. The number of esters is 1. The van der Waals surface area contributed by atoms with Gasteiger partial charge >= 0.3 is 5.97 Å². The minimum absolute atomic E-state index is 0.0706. The van der Waals surface area contributed by atoms with E-state index in [0.717, 1.165) is 17.2 Å². The molecule has 0 aromatic heterocycles. The monoisotopic (exact) mass is 450 g/mol. The van der Waals surface area contributed by atoms with Crippen LogP contribution in [0.1, 0.15) is 33.6 Å². The number of nitrogens with zero attached hydrogens (tertiary/aromatic N) is 1. The van der Waals surface area contributed by atoms with Gasteiger partial charge in [-0.2, -0.15) is 0 Å². The number of amides is 2. The number of methoxy groups -OCH3 is 1. The second-order valence-electron chi connectivity index (χ2n) is 7.79. The molecule has 1 heterocycles. The maximum atomic E-state index is 13.3. The van der Waals surface area contributed by atoms with Gasteiger partial charge in [0.05, 0.1) is 23.6 Å². The Morgan fingerprint density at radius 3 is 2.62 bits per heavy atom. The third kappa shape index (κ3) is 4.46. The van der Waals surface area contributed by atoms with Crippen LogP contribution in [0.4, 0.5) is 5.69 Å². The van der Waals surface area contributed by atoms with E-state index in [4.69, 9.17) is 16.3 Å². The zero-order valence-corrected chi connectivity index (χ0v) is 18.4. The number of anilines is 1. The van der Waals surface area contributed by atoms with E-state index in [1.165, 1.54) is 13.2 Å². The van der Waals surface area contributed by atoms with Crippen molar-refractivity contribution in [1.82, 2.24) is 4.90 Å². The number of halogens is 1. The molecule has 3 aromatic carbocycles. The van der Waals surface area contributed by atoms with Gasteiger partial charge in [-0.25, -0.2) is 4.79 Å². The molecule has 1 saturated heterocycles. The lowest BCUT2D eigenvalue weighted by Gasteiger charge is -2.32. The first kappa shape index (κ1) is 21.8. The van der Waals surface area contributed by atoms with E-state index in [9.17, 15) is 14.4 Å². The minimum atomic E-state index is -0.573. The van der Waals surface area contributed by atoms with Crippen LogP contribution in [-0.2, 0) is 9.53 Å². The molecule has 1 fully saturated rings. The van der Waals surface area contributed by atoms with E-state index in [0.29, 0.717) is 30.8 Å². The molecule has 1 unspecified atom stereocenters. The third-order valence-corrected chi connectivity index (χ3v) is 6.07. The number of nitrogens with one attached hydrogen (secondary N) is 1. The van der Waals surface area contributed by atoms with E-state index in [-0.39, 0.29) is 28.3 Å². The van der Waals surface area contributed by atoms with E-state index < -0.39 is 5.97 Å². The Kier molecular flexibility index (Phi) is 6.42. The predicted octanol–water partition coefficient (Wildman–Crippen LogP) is 4.77. The van der Waals surface area contributed by atoms with Crippen LogP contribution in [0, 0.1) is 5.92 Å². The highest BCUT2D eigenvalue weighted by atomic mass is 35.5. The van der Waals surface area contributed by atoms with Gasteiger partial charge in [-0.05, 0) is 47.9 Å². The molecular weight excluding hydrogens is 428 g/mol. The van der Waals surface area contributed by atoms with Crippen molar-refractivity contribution in [2.75, 3.05) is 25.5 Å². The van der Waals surface area contributed by atoms with Gasteiger partial charge in [-0.3, -0.25) is 9.59 Å². The van der Waals surface area contributed by atoms with Gasteiger partial charge in [-0.15, -0.1) is 0 Å². The molecule has 1 aliphatic rings. The van der Waals surface area contributed by atoms with Crippen LogP contribution < -0.4 is 5.32 Å². The molecule has 4 rings (SSSR count). The van der Waals surface area contributed by atoms with E-state index in [1.807, 2.05) is 42.5 Å². The number of benzene rings is 3. The Bertz CT molecular complexity index is 1190. The third-order valence-electron chi connectivity index (χ3n) is 5.74. The predicted molar refractivity (Wildman–Crippen MR) is 124 cm³/mol. The largest absolute Gasteiger partial charge is 0.465 e. The first-order valence-electron chi connectivity index (χ1n) is 10.4. The summed E-state index contributed by atoms with van der Waals surface area (Å²) in [5, 5.41) is 5.01. The SMILES string of the molecule is COC(=O)c1cc(NC(=O)C2CCCN(C(=O)c3cccc4ccccc34)C2)ccc1Cl. The number of likely N-dealkylation sites (tertiary alicyclic amines) is 1. The molecule has 0 saturated carbocycles. The van der Waals surface area contributed by atoms with Crippen molar-refractivity contribution in [1.29, 1.82) is 0 Å². The number of rotatable bonds is 4. The first-order valence-corrected chi connectivity index (χ1v) is 10.8. The summed E-state index contributed by atoms with van der Waals surface area (Å²) in [5.74, 6) is -1.19. The maximum Gasteiger partial charge on any atom is 0.339 e. The van der Waals surface area contributed by atoms with Crippen molar-refractivity contribution >= 4 is 45.8 Å². The number of ether oxygens (including phenoxy) is 1. The maximum absolute atomic E-state index is 13.3. The molecule has 7 heteroatoms. The van der Waals surface area contributed by atoms with E-state index >= 15 is 0 Å². The molecule has 6 nitrogen and oxygen atoms in total. The van der Waals surface area contributed by atoms with Gasteiger partial charge in [0.2, 0.25) is 5.91 Å². The number of carbonyl (C=O) groups is 3. The molecule has 0 radical (unpaired) electrons. The molecule has 1 aliphatic heterocycles. The van der Waals surface area contributed by atoms with Crippen LogP contribution in [0.15, 0.2) is 60.7 Å². The molecule has 1 atom stereocenters. The van der Waals surface area contributed by atoms with Gasteiger partial charge in [-0.1, -0.05) is 48.0 Å². The summed E-state index contributed by atoms with van der Waals surface area (Å²) in [4.78, 5) is 39.8. The second kappa shape index (κ2) is 9.40. The minimum Gasteiger partial charge on any atom is -0.465 e. The summed E-state index contributed by atoms with van der Waals surface area (Å²) in [5.41, 5.74) is 1.28. The lowest BCUT2D eigenvalue weighted by Crippen LogP contribution is -2.43. The molecule has 0 aliphatic carbocycles. The van der Waals surface area contributed by atoms with Crippen molar-refractivity contribution in [3.05, 3.63) is 76.8 Å². The second-order valence-corrected chi connectivity index (χ2v) is 8.20. The standard InChI is InChI=1S/C25H23ClN2O4/c1-32-25(31)21-14-18(11-12-22(21)26)27-23(29)17-8-5-13-28(15-17)24(30)20-10-4-7-16-6-2-3-9-19(16)20/h2-4,6-7,9-12,14,17H,5,8,13,15H2,1H3,(H,27,29). The summed E-state index contributed by atoms with van der Waals surface area (Å²) in [7, 11) is 1.27. The molecule has 3 aromatic rings. The average Bonchev–Trinajstić information content (AvgIpc) is 2.84. The topological polar surface area (TPSA) is 75.7 Å². The Balaban J connectivity index is 1.49. The first-order chi connectivity index (χ1) is 15.5. The quantitative estimate of drug-likeness (QED) is 0.581. The Morgan fingerprint density at radius 1 is 1.03 bits per heavy atom. The highest BCUT2D eigenvalue weighted by Gasteiger charge is 2.29. The van der Waals surface area contributed by atoms with Crippen LogP contribution >= 0.6 is 11.6 Å². The molecule has 2 amide bonds. The number of fused-ring (bicyclic) bond motifs is 1. The number of piperidine rings is 1. The fraction of sp³-hybridized carbons (Fsp3) is 0.240. The molecular formula is C25H23ClN2O4. The summed E-state index contributed by atoms with van der Waals surface area (Å²) in [6.45, 7) is 0.949. The lowest BCUT2D eigenvalue weighted by atomic mass is 9.95. The van der Waals surface area contributed by atoms with E-state index in [2.05, 4.69) is 5.32 Å². The number of hydrogen-bond donors (Lipinski definition) is 1. The zero-order chi connectivity index (χ0) is 22.7. The fourth-order valence-electron chi connectivity index (χ4n) is 4.07. The van der Waals surface area contributed by atoms with Crippen molar-refractivity contribution in [3.8, 4) is 0 Å². The molecule has 0 bridgehead atoms. The van der Waals surface area contributed by atoms with Crippen LogP contribution in [-0.4, -0.2) is 42.9 Å². The molecule has 0 spiro atoms. The highest BCUT2D eigenvalue weighted by Crippen LogP contribution is 2.26. The Morgan fingerprint density at radius 2 is 1.81 bits per heavy atom. The van der Waals surface area contributed by atoms with Crippen LogP contribution in [0.5, 0.6) is 0 Å². The summed E-state index contributed by atoms with van der Waals surface area (Å²) in [6.07, 6.45) is 1.42. The normalized spacial score (nSPS) is 15.9. The number of carbonyl (C=O) groups excluding carboxylic acids is 3. The lowest BCUT2D eigenvalue weighted by molar-refractivity contribution is -0.121. The fourth-order valence-corrected chi connectivity index (χ4v) is 4.27. The molecule has 164 valence electrons. The smallest absolute Gasteiger partial charge is 0.339 e. The highest BCUT2D eigenvalue weighted by molar-refractivity contribution is 6.33. The molecule has 32 heavy (non-hydrogen) atoms. The van der Waals surface area contributed by atoms with Crippen molar-refractivity contribution in [2.45, 2.75) is 12.8 Å². The van der Waals surface area contributed by atoms with Crippen molar-refractivity contribution in [3.63, 3.8) is 0 Å². The average molecular weight is 451 g/mol. The van der Waals surface area contributed by atoms with Crippen molar-refractivity contribution in [2.24, 2.45) is 5.92 Å². The number of hydrogen-bond acceptors (Lipinski definition) is 4.